The van der Waals surface area contributed by atoms with Crippen molar-refractivity contribution in [3.63, 3.8) is 0 Å². The Kier molecular flexibility index (Phi) is 3.40. The lowest BCUT2D eigenvalue weighted by Crippen LogP contribution is -2.08. The molecule has 4 heteroatoms. The number of carbonyl (C=O) groups is 1. The summed E-state index contributed by atoms with van der Waals surface area (Å²) in [6.45, 7) is 3.23. The average Bonchev–Trinajstić information content (AvgIpc) is 2.20. The van der Waals surface area contributed by atoms with Gasteiger partial charge in [0, 0.05) is 12.3 Å². The van der Waals surface area contributed by atoms with E-state index in [2.05, 4.69) is 4.98 Å². The van der Waals surface area contributed by atoms with Gasteiger partial charge in [0.15, 0.2) is 5.78 Å². The van der Waals surface area contributed by atoms with E-state index in [4.69, 9.17) is 10.00 Å². The van der Waals surface area contributed by atoms with Crippen LogP contribution in [-0.4, -0.2) is 17.9 Å². The first-order valence-corrected chi connectivity index (χ1v) is 4.50. The molecule has 1 unspecified atom stereocenters. The van der Waals surface area contributed by atoms with Gasteiger partial charge in [-0.15, -0.1) is 0 Å². The number of nitrogens with zero attached hydrogens (tertiary/aromatic N) is 2. The average molecular weight is 204 g/mol. The molecule has 0 saturated heterocycles. The molecule has 0 aliphatic carbocycles. The third kappa shape index (κ3) is 2.32. The summed E-state index contributed by atoms with van der Waals surface area (Å²) in [4.78, 5) is 15.2. The molecule has 1 atom stereocenters. The smallest absolute Gasteiger partial charge is 0.213 e. The van der Waals surface area contributed by atoms with Crippen molar-refractivity contribution in [1.29, 1.82) is 5.26 Å². The Morgan fingerprint density at radius 2 is 2.33 bits per heavy atom. The molecular weight excluding hydrogens is 192 g/mol. The summed E-state index contributed by atoms with van der Waals surface area (Å²) >= 11 is 0. The molecule has 0 aliphatic rings. The van der Waals surface area contributed by atoms with Crippen molar-refractivity contribution in [2.75, 3.05) is 7.11 Å². The molecule has 1 heterocycles. The van der Waals surface area contributed by atoms with Crippen LogP contribution in [0.15, 0.2) is 12.3 Å². The van der Waals surface area contributed by atoms with Gasteiger partial charge in [-0.05, 0) is 25.0 Å². The van der Waals surface area contributed by atoms with Gasteiger partial charge in [-0.25, -0.2) is 4.98 Å². The molecule has 0 fully saturated rings. The Morgan fingerprint density at radius 3 is 2.73 bits per heavy atom. The maximum atomic E-state index is 11.2. The first kappa shape index (κ1) is 11.2. The summed E-state index contributed by atoms with van der Waals surface area (Å²) in [5.74, 6) is -0.424. The summed E-state index contributed by atoms with van der Waals surface area (Å²) in [5.41, 5.74) is 1.48. The predicted molar refractivity (Wildman–Crippen MR) is 54.6 cm³/mol. The van der Waals surface area contributed by atoms with Crippen LogP contribution in [0.5, 0.6) is 5.88 Å². The topological polar surface area (TPSA) is 63.0 Å². The van der Waals surface area contributed by atoms with Crippen molar-refractivity contribution in [3.05, 3.63) is 23.4 Å². The second-order valence-corrected chi connectivity index (χ2v) is 3.26. The number of ether oxygens (including phenoxy) is 1. The van der Waals surface area contributed by atoms with Gasteiger partial charge < -0.3 is 4.74 Å². The number of aromatic nitrogens is 1. The van der Waals surface area contributed by atoms with E-state index in [0.717, 1.165) is 5.56 Å². The monoisotopic (exact) mass is 204 g/mol. The minimum atomic E-state index is -0.733. The maximum Gasteiger partial charge on any atom is 0.213 e. The lowest BCUT2D eigenvalue weighted by Gasteiger charge is -2.09. The van der Waals surface area contributed by atoms with Gasteiger partial charge in [0.25, 0.3) is 0 Å². The van der Waals surface area contributed by atoms with E-state index in [9.17, 15) is 4.79 Å². The first-order chi connectivity index (χ1) is 7.10. The standard InChI is InChI=1S/C11H12N2O2/c1-7-4-11(15-3)13-6-10(7)9(5-12)8(2)14/h4,6,9H,1-3H3. The van der Waals surface area contributed by atoms with E-state index in [1.54, 1.807) is 6.07 Å². The predicted octanol–water partition coefficient (Wildman–Crippen LogP) is 1.59. The molecule has 0 radical (unpaired) electrons. The third-order valence-corrected chi connectivity index (χ3v) is 2.18. The maximum absolute atomic E-state index is 11.2. The number of carbonyl (C=O) groups excluding carboxylic acids is 1. The molecular formula is C11H12N2O2. The van der Waals surface area contributed by atoms with Crippen LogP contribution in [0.4, 0.5) is 0 Å². The lowest BCUT2D eigenvalue weighted by molar-refractivity contribution is -0.117. The van der Waals surface area contributed by atoms with Crippen molar-refractivity contribution in [1.82, 2.24) is 4.98 Å². The Balaban J connectivity index is 3.16. The van der Waals surface area contributed by atoms with Gasteiger partial charge in [-0.3, -0.25) is 4.79 Å². The molecule has 0 aliphatic heterocycles. The molecule has 1 aromatic heterocycles. The molecule has 0 N–H and O–H groups in total. The van der Waals surface area contributed by atoms with E-state index in [0.29, 0.717) is 11.4 Å². The number of Topliss-reactive ketones (excluding diaryl/α,β-unsaturated/α-hetero) is 1. The number of hydrogen-bond acceptors (Lipinski definition) is 4. The molecule has 15 heavy (non-hydrogen) atoms. The number of methoxy groups -OCH3 is 1. The molecule has 1 aromatic rings. The summed E-state index contributed by atoms with van der Waals surface area (Å²) < 4.78 is 4.94. The second kappa shape index (κ2) is 4.56. The largest absolute Gasteiger partial charge is 0.481 e. The zero-order chi connectivity index (χ0) is 11.4. The zero-order valence-electron chi connectivity index (χ0n) is 8.94. The van der Waals surface area contributed by atoms with E-state index in [-0.39, 0.29) is 5.78 Å². The van der Waals surface area contributed by atoms with Gasteiger partial charge >= 0.3 is 0 Å². The molecule has 0 spiro atoms. The highest BCUT2D eigenvalue weighted by molar-refractivity contribution is 5.86. The fourth-order valence-corrected chi connectivity index (χ4v) is 1.33. The first-order valence-electron chi connectivity index (χ1n) is 4.50. The Bertz CT molecular complexity index is 421. The van der Waals surface area contributed by atoms with Gasteiger partial charge in [0.1, 0.15) is 5.92 Å². The number of aryl methyl sites for hydroxylation is 1. The van der Waals surface area contributed by atoms with Gasteiger partial charge in [0.2, 0.25) is 5.88 Å². The Labute approximate surface area is 88.5 Å². The molecule has 78 valence electrons. The van der Waals surface area contributed by atoms with Crippen LogP contribution in [0, 0.1) is 18.3 Å². The highest BCUT2D eigenvalue weighted by Crippen LogP contribution is 2.22. The van der Waals surface area contributed by atoms with Gasteiger partial charge in [0.05, 0.1) is 13.2 Å². The highest BCUT2D eigenvalue weighted by Gasteiger charge is 2.18. The van der Waals surface area contributed by atoms with E-state index in [1.165, 1.54) is 20.2 Å². The van der Waals surface area contributed by atoms with Crippen LogP contribution >= 0.6 is 0 Å². The summed E-state index contributed by atoms with van der Waals surface area (Å²) in [5, 5.41) is 8.87. The van der Waals surface area contributed by atoms with Crippen molar-refractivity contribution >= 4 is 5.78 Å². The van der Waals surface area contributed by atoms with Crippen molar-refractivity contribution in [3.8, 4) is 11.9 Å². The van der Waals surface area contributed by atoms with Crippen LogP contribution in [0.3, 0.4) is 0 Å². The van der Waals surface area contributed by atoms with Crippen LogP contribution < -0.4 is 4.74 Å². The fourth-order valence-electron chi connectivity index (χ4n) is 1.33. The quantitative estimate of drug-likeness (QED) is 0.750. The third-order valence-electron chi connectivity index (χ3n) is 2.18. The molecule has 0 amide bonds. The summed E-state index contributed by atoms with van der Waals surface area (Å²) in [6, 6.07) is 3.68. The number of ketones is 1. The van der Waals surface area contributed by atoms with Crippen molar-refractivity contribution in [2.24, 2.45) is 0 Å². The summed E-state index contributed by atoms with van der Waals surface area (Å²) in [7, 11) is 1.52. The normalized spacial score (nSPS) is 11.6. The second-order valence-electron chi connectivity index (χ2n) is 3.26. The van der Waals surface area contributed by atoms with Crippen molar-refractivity contribution in [2.45, 2.75) is 19.8 Å². The van der Waals surface area contributed by atoms with Crippen LogP contribution in [0.2, 0.25) is 0 Å². The van der Waals surface area contributed by atoms with Crippen molar-refractivity contribution < 1.29 is 9.53 Å². The highest BCUT2D eigenvalue weighted by atomic mass is 16.5. The minimum absolute atomic E-state index is 0.174. The van der Waals surface area contributed by atoms with Gasteiger partial charge in [-0.2, -0.15) is 5.26 Å². The molecule has 4 nitrogen and oxygen atoms in total. The number of pyridine rings is 1. The van der Waals surface area contributed by atoms with Gasteiger partial charge in [-0.1, -0.05) is 0 Å². The van der Waals surface area contributed by atoms with Crippen LogP contribution in [0.1, 0.15) is 24.0 Å². The molecule has 0 bridgehead atoms. The van der Waals surface area contributed by atoms with E-state index in [1.807, 2.05) is 13.0 Å². The van der Waals surface area contributed by atoms with Crippen LogP contribution in [-0.2, 0) is 4.79 Å². The fraction of sp³-hybridized carbons (Fsp3) is 0.364. The zero-order valence-corrected chi connectivity index (χ0v) is 8.94. The van der Waals surface area contributed by atoms with Crippen LogP contribution in [0.25, 0.3) is 0 Å². The van der Waals surface area contributed by atoms with E-state index < -0.39 is 5.92 Å². The number of rotatable bonds is 3. The lowest BCUT2D eigenvalue weighted by atomic mass is 9.95. The molecule has 0 saturated carbocycles. The number of nitriles is 1. The molecule has 1 rings (SSSR count). The molecule has 0 aromatic carbocycles. The summed E-state index contributed by atoms with van der Waals surface area (Å²) in [6.07, 6.45) is 1.52. The SMILES string of the molecule is COc1cc(C)c(C(C#N)C(C)=O)cn1. The Hall–Kier alpha value is -1.89. The Morgan fingerprint density at radius 1 is 1.67 bits per heavy atom. The van der Waals surface area contributed by atoms with E-state index >= 15 is 0 Å². The minimum Gasteiger partial charge on any atom is -0.481 e. The number of hydrogen-bond donors (Lipinski definition) is 0.